The third-order valence-corrected chi connectivity index (χ3v) is 6.79. The van der Waals surface area contributed by atoms with E-state index in [2.05, 4.69) is 10.2 Å². The number of nitrogens with one attached hydrogen (secondary N) is 1. The lowest BCUT2D eigenvalue weighted by atomic mass is 10.1. The number of hydrogen-bond acceptors (Lipinski definition) is 5. The van der Waals surface area contributed by atoms with Crippen LogP contribution in [0.1, 0.15) is 26.2 Å². The van der Waals surface area contributed by atoms with Crippen LogP contribution in [0.2, 0.25) is 5.02 Å². The van der Waals surface area contributed by atoms with E-state index in [0.717, 1.165) is 29.3 Å². The molecule has 0 aromatic heterocycles. The summed E-state index contributed by atoms with van der Waals surface area (Å²) in [6, 6.07) is 11.2. The van der Waals surface area contributed by atoms with Crippen LogP contribution in [0.3, 0.4) is 0 Å². The summed E-state index contributed by atoms with van der Waals surface area (Å²) < 4.78 is 31.5. The fraction of sp³-hybridized carbons (Fsp3) is 0.409. The number of carbonyl (C=O) groups is 1. The maximum atomic E-state index is 12.9. The Hall–Kier alpha value is -2.45. The van der Waals surface area contributed by atoms with Gasteiger partial charge in [0, 0.05) is 29.5 Å². The van der Waals surface area contributed by atoms with Crippen LogP contribution in [-0.4, -0.2) is 46.8 Å². The second-order valence-electron chi connectivity index (χ2n) is 7.63. The van der Waals surface area contributed by atoms with E-state index in [9.17, 15) is 13.2 Å². The number of halogens is 1. The average molecular weight is 466 g/mol. The minimum absolute atomic E-state index is 0.209. The molecule has 168 valence electrons. The van der Waals surface area contributed by atoms with Crippen LogP contribution in [0.15, 0.2) is 42.5 Å². The molecule has 1 aliphatic rings. The first-order chi connectivity index (χ1) is 14.7. The zero-order valence-corrected chi connectivity index (χ0v) is 19.5. The molecule has 2 aromatic rings. The molecule has 0 radical (unpaired) electrons. The third-order valence-electron chi connectivity index (χ3n) is 5.32. The van der Waals surface area contributed by atoms with Gasteiger partial charge in [0.05, 0.1) is 19.1 Å². The van der Waals surface area contributed by atoms with Crippen molar-refractivity contribution in [3.05, 3.63) is 47.5 Å². The second kappa shape index (κ2) is 9.78. The van der Waals surface area contributed by atoms with Crippen molar-refractivity contribution >= 4 is 44.6 Å². The Morgan fingerprint density at radius 2 is 1.77 bits per heavy atom. The Bertz CT molecular complexity index is 1020. The zero-order chi connectivity index (χ0) is 22.6. The number of sulfonamides is 1. The summed E-state index contributed by atoms with van der Waals surface area (Å²) in [6.45, 7) is 3.60. The van der Waals surface area contributed by atoms with Crippen molar-refractivity contribution in [3.63, 3.8) is 0 Å². The highest BCUT2D eigenvalue weighted by molar-refractivity contribution is 7.92. The second-order valence-corrected chi connectivity index (χ2v) is 9.93. The van der Waals surface area contributed by atoms with Crippen molar-refractivity contribution in [3.8, 4) is 5.75 Å². The number of amides is 1. The Balaban J connectivity index is 1.80. The molecule has 9 heteroatoms. The van der Waals surface area contributed by atoms with Crippen molar-refractivity contribution in [2.75, 3.05) is 41.0 Å². The number of hydrogen-bond donors (Lipinski definition) is 1. The van der Waals surface area contributed by atoms with Gasteiger partial charge in [-0.3, -0.25) is 9.10 Å². The normalized spacial score (nSPS) is 15.3. The number of methoxy groups -OCH3 is 1. The quantitative estimate of drug-likeness (QED) is 0.665. The first-order valence-corrected chi connectivity index (χ1v) is 12.4. The van der Waals surface area contributed by atoms with Gasteiger partial charge in [0.15, 0.2) is 0 Å². The molecule has 1 N–H and O–H groups in total. The molecule has 1 heterocycles. The summed E-state index contributed by atoms with van der Waals surface area (Å²) in [5.74, 6) is -0.154. The molecule has 0 spiro atoms. The number of anilines is 3. The fourth-order valence-corrected chi connectivity index (χ4v) is 5.11. The maximum absolute atomic E-state index is 12.9. The molecule has 0 aliphatic carbocycles. The summed E-state index contributed by atoms with van der Waals surface area (Å²) in [5.41, 5.74) is 1.93. The molecule has 1 amide bonds. The highest BCUT2D eigenvalue weighted by Crippen LogP contribution is 2.34. The smallest absolute Gasteiger partial charge is 0.247 e. The Morgan fingerprint density at radius 1 is 1.13 bits per heavy atom. The van der Waals surface area contributed by atoms with E-state index in [1.54, 1.807) is 12.1 Å². The topological polar surface area (TPSA) is 79.0 Å². The SMILES string of the molecule is COc1ccc(Cl)cc1N([C@H](C)C(=O)Nc1ccc(N2CCCCC2)cc1)S(C)(=O)=O. The highest BCUT2D eigenvalue weighted by Gasteiger charge is 2.31. The van der Waals surface area contributed by atoms with Gasteiger partial charge in [0.25, 0.3) is 0 Å². The number of nitrogens with zero attached hydrogens (tertiary/aromatic N) is 2. The monoisotopic (exact) mass is 465 g/mol. The first-order valence-electron chi connectivity index (χ1n) is 10.2. The predicted molar refractivity (Wildman–Crippen MR) is 126 cm³/mol. The van der Waals surface area contributed by atoms with Crippen LogP contribution in [0.4, 0.5) is 17.1 Å². The molecular formula is C22H28ClN3O4S. The van der Waals surface area contributed by atoms with E-state index in [1.807, 2.05) is 24.3 Å². The molecule has 0 unspecified atom stereocenters. The highest BCUT2D eigenvalue weighted by atomic mass is 35.5. The largest absolute Gasteiger partial charge is 0.495 e. The summed E-state index contributed by atoms with van der Waals surface area (Å²) in [7, 11) is -2.37. The van der Waals surface area contributed by atoms with Crippen LogP contribution in [0.5, 0.6) is 5.75 Å². The van der Waals surface area contributed by atoms with Crippen LogP contribution < -0.4 is 19.3 Å². The zero-order valence-electron chi connectivity index (χ0n) is 18.0. The van der Waals surface area contributed by atoms with E-state index in [1.165, 1.54) is 39.4 Å². The standard InChI is InChI=1S/C22H28ClN3O4S/c1-16(26(31(3,28)29)20-15-17(23)7-12-21(20)30-2)22(27)24-18-8-10-19(11-9-18)25-13-5-4-6-14-25/h7-12,15-16H,4-6,13-14H2,1-3H3,(H,24,27)/t16-/m1/s1. The van der Waals surface area contributed by atoms with Gasteiger partial charge in [-0.15, -0.1) is 0 Å². The van der Waals surface area contributed by atoms with E-state index >= 15 is 0 Å². The number of rotatable bonds is 7. The Labute approximate surface area is 189 Å². The molecular weight excluding hydrogens is 438 g/mol. The minimum atomic E-state index is -3.80. The van der Waals surface area contributed by atoms with Gasteiger partial charge < -0.3 is 15.0 Å². The summed E-state index contributed by atoms with van der Waals surface area (Å²) in [4.78, 5) is 15.3. The van der Waals surface area contributed by atoms with Crippen LogP contribution >= 0.6 is 11.6 Å². The fourth-order valence-electron chi connectivity index (χ4n) is 3.77. The molecule has 3 rings (SSSR count). The van der Waals surface area contributed by atoms with Gasteiger partial charge in [-0.05, 0) is 68.7 Å². The lowest BCUT2D eigenvalue weighted by molar-refractivity contribution is -0.116. The summed E-state index contributed by atoms with van der Waals surface area (Å²) >= 11 is 6.08. The van der Waals surface area contributed by atoms with Crippen molar-refractivity contribution in [2.24, 2.45) is 0 Å². The van der Waals surface area contributed by atoms with Crippen LogP contribution in [0.25, 0.3) is 0 Å². The number of ether oxygens (including phenoxy) is 1. The predicted octanol–water partition coefficient (Wildman–Crippen LogP) is 4.13. The lowest BCUT2D eigenvalue weighted by Gasteiger charge is -2.30. The average Bonchev–Trinajstić information content (AvgIpc) is 2.74. The third kappa shape index (κ3) is 5.62. The van der Waals surface area contributed by atoms with Crippen LogP contribution in [0, 0.1) is 0 Å². The van der Waals surface area contributed by atoms with Gasteiger partial charge in [-0.1, -0.05) is 11.6 Å². The number of benzene rings is 2. The first kappa shape index (κ1) is 23.2. The van der Waals surface area contributed by atoms with Gasteiger partial charge in [-0.2, -0.15) is 0 Å². The maximum Gasteiger partial charge on any atom is 0.247 e. The van der Waals surface area contributed by atoms with Gasteiger partial charge >= 0.3 is 0 Å². The van der Waals surface area contributed by atoms with Crippen molar-refractivity contribution in [1.82, 2.24) is 0 Å². The van der Waals surface area contributed by atoms with Crippen LogP contribution in [-0.2, 0) is 14.8 Å². The lowest BCUT2D eigenvalue weighted by Crippen LogP contribution is -2.45. The molecule has 1 fully saturated rings. The molecule has 1 atom stereocenters. The van der Waals surface area contributed by atoms with Crippen molar-refractivity contribution in [2.45, 2.75) is 32.2 Å². The summed E-state index contributed by atoms with van der Waals surface area (Å²) in [5, 5.41) is 3.15. The number of carbonyl (C=O) groups excluding carboxylic acids is 1. The molecule has 1 aliphatic heterocycles. The van der Waals surface area contributed by atoms with Gasteiger partial charge in [0.1, 0.15) is 11.8 Å². The molecule has 0 saturated carbocycles. The molecule has 31 heavy (non-hydrogen) atoms. The summed E-state index contributed by atoms with van der Waals surface area (Å²) in [6.07, 6.45) is 4.68. The molecule has 2 aromatic carbocycles. The van der Waals surface area contributed by atoms with Crippen molar-refractivity contribution in [1.29, 1.82) is 0 Å². The number of piperidine rings is 1. The van der Waals surface area contributed by atoms with E-state index in [4.69, 9.17) is 16.3 Å². The van der Waals surface area contributed by atoms with Gasteiger partial charge in [-0.25, -0.2) is 8.42 Å². The Morgan fingerprint density at radius 3 is 2.35 bits per heavy atom. The van der Waals surface area contributed by atoms with Gasteiger partial charge in [0.2, 0.25) is 15.9 Å². The van der Waals surface area contributed by atoms with E-state index in [0.29, 0.717) is 16.5 Å². The minimum Gasteiger partial charge on any atom is -0.495 e. The van der Waals surface area contributed by atoms with Crippen molar-refractivity contribution < 1.29 is 17.9 Å². The molecule has 7 nitrogen and oxygen atoms in total. The van der Waals surface area contributed by atoms with E-state index in [-0.39, 0.29) is 5.69 Å². The van der Waals surface area contributed by atoms with E-state index < -0.39 is 22.0 Å². The molecule has 0 bridgehead atoms. The Kier molecular flexibility index (Phi) is 7.33. The molecule has 1 saturated heterocycles.